The summed E-state index contributed by atoms with van der Waals surface area (Å²) in [6.45, 7) is 6.90. The van der Waals surface area contributed by atoms with Gasteiger partial charge in [-0.15, -0.1) is 0 Å². The number of fused-ring (bicyclic) bond motifs is 1. The van der Waals surface area contributed by atoms with Crippen LogP contribution in [-0.4, -0.2) is 0 Å². The predicted molar refractivity (Wildman–Crippen MR) is 274 cm³/mol. The predicted octanol–water partition coefficient (Wildman–Crippen LogP) is 17.7. The molecule has 10 aromatic carbocycles. The standard InChI is InChI=1S/C62H50N2/c1-62(2,3)53-32-41-58-59(44-53)61(64(56-37-28-51(29-38-56)47-20-12-6-13-21-47)57-39-30-52(31-40-57)48-22-14-7-15-23-48)43-42-60(58)63(54-33-24-49(25-34-54)45-16-8-4-9-17-45)55-35-26-50(27-36-55)46-18-10-5-11-19-46/h4-44H,1-3H3. The van der Waals surface area contributed by atoms with Crippen LogP contribution in [0.2, 0.25) is 0 Å². The molecule has 0 spiro atoms. The Bertz CT molecular complexity index is 2950. The molecule has 0 aliphatic carbocycles. The minimum absolute atomic E-state index is 0.0683. The van der Waals surface area contributed by atoms with Crippen molar-refractivity contribution in [1.29, 1.82) is 0 Å². The number of nitrogens with zero attached hydrogens (tertiary/aromatic N) is 2. The lowest BCUT2D eigenvalue weighted by Crippen LogP contribution is -2.15. The van der Waals surface area contributed by atoms with Crippen molar-refractivity contribution in [3.05, 3.63) is 254 Å². The average Bonchev–Trinajstić information content (AvgIpc) is 3.36. The Morgan fingerprint density at radius 2 is 0.516 bits per heavy atom. The zero-order valence-corrected chi connectivity index (χ0v) is 36.6. The minimum atomic E-state index is -0.0683. The summed E-state index contributed by atoms with van der Waals surface area (Å²) >= 11 is 0. The molecule has 0 aliphatic rings. The maximum absolute atomic E-state index is 2.43. The van der Waals surface area contributed by atoms with Crippen molar-refractivity contribution in [1.82, 2.24) is 0 Å². The van der Waals surface area contributed by atoms with Crippen molar-refractivity contribution in [3.63, 3.8) is 0 Å². The molecule has 2 heteroatoms. The van der Waals surface area contributed by atoms with Crippen molar-refractivity contribution in [2.75, 3.05) is 9.80 Å². The highest BCUT2D eigenvalue weighted by atomic mass is 15.2. The lowest BCUT2D eigenvalue weighted by molar-refractivity contribution is 0.591. The SMILES string of the molecule is CC(C)(C)c1ccc2c(N(c3ccc(-c4ccccc4)cc3)c3ccc(-c4ccccc4)cc3)ccc(N(c3ccc(-c4ccccc4)cc3)c3ccc(-c4ccccc4)cc3)c2c1. The first-order chi connectivity index (χ1) is 31.4. The third kappa shape index (κ3) is 8.22. The maximum atomic E-state index is 2.43. The van der Waals surface area contributed by atoms with E-state index < -0.39 is 0 Å². The van der Waals surface area contributed by atoms with E-state index in [2.05, 4.69) is 279 Å². The Balaban J connectivity index is 1.17. The Labute approximate surface area is 378 Å². The van der Waals surface area contributed by atoms with E-state index in [9.17, 15) is 0 Å². The van der Waals surface area contributed by atoms with Crippen LogP contribution in [0.25, 0.3) is 55.3 Å². The molecule has 0 atom stereocenters. The molecule has 0 amide bonds. The lowest BCUT2D eigenvalue weighted by Gasteiger charge is -2.31. The molecule has 64 heavy (non-hydrogen) atoms. The van der Waals surface area contributed by atoms with Gasteiger partial charge in [-0.05, 0) is 122 Å². The van der Waals surface area contributed by atoms with E-state index in [-0.39, 0.29) is 5.41 Å². The summed E-state index contributed by atoms with van der Waals surface area (Å²) < 4.78 is 0. The molecular formula is C62H50N2. The smallest absolute Gasteiger partial charge is 0.0541 e. The highest BCUT2D eigenvalue weighted by Crippen LogP contribution is 2.47. The molecule has 0 heterocycles. The van der Waals surface area contributed by atoms with Gasteiger partial charge in [-0.2, -0.15) is 0 Å². The van der Waals surface area contributed by atoms with Gasteiger partial charge >= 0.3 is 0 Å². The van der Waals surface area contributed by atoms with Gasteiger partial charge < -0.3 is 9.80 Å². The molecule has 0 fully saturated rings. The van der Waals surface area contributed by atoms with Gasteiger partial charge in [0.25, 0.3) is 0 Å². The molecule has 308 valence electrons. The van der Waals surface area contributed by atoms with Gasteiger partial charge in [-0.25, -0.2) is 0 Å². The van der Waals surface area contributed by atoms with Crippen molar-refractivity contribution in [2.45, 2.75) is 26.2 Å². The van der Waals surface area contributed by atoms with Crippen LogP contribution in [0.15, 0.2) is 249 Å². The summed E-state index contributed by atoms with van der Waals surface area (Å²) in [5, 5.41) is 2.34. The van der Waals surface area contributed by atoms with Gasteiger partial charge in [0, 0.05) is 33.5 Å². The Morgan fingerprint density at radius 1 is 0.250 bits per heavy atom. The maximum Gasteiger partial charge on any atom is 0.0541 e. The Hall–Kier alpha value is -7.94. The highest BCUT2D eigenvalue weighted by Gasteiger charge is 2.24. The second kappa shape index (κ2) is 17.4. The molecule has 10 aromatic rings. The monoisotopic (exact) mass is 822 g/mol. The first-order valence-electron chi connectivity index (χ1n) is 22.2. The average molecular weight is 823 g/mol. The molecule has 0 saturated heterocycles. The Kier molecular flexibility index (Phi) is 10.9. The summed E-state index contributed by atoms with van der Waals surface area (Å²) in [5.74, 6) is 0. The number of rotatable bonds is 10. The van der Waals surface area contributed by atoms with Crippen LogP contribution in [0.5, 0.6) is 0 Å². The van der Waals surface area contributed by atoms with E-state index in [0.29, 0.717) is 0 Å². The van der Waals surface area contributed by atoms with Crippen LogP contribution in [0.1, 0.15) is 26.3 Å². The molecule has 0 aliphatic heterocycles. The summed E-state index contributed by atoms with van der Waals surface area (Å²) in [5.41, 5.74) is 17.3. The van der Waals surface area contributed by atoms with Gasteiger partial charge in [-0.1, -0.05) is 203 Å². The molecule has 0 N–H and O–H groups in total. The molecule has 0 aromatic heterocycles. The van der Waals surface area contributed by atoms with Crippen LogP contribution < -0.4 is 9.80 Å². The van der Waals surface area contributed by atoms with Crippen LogP contribution in [-0.2, 0) is 5.41 Å². The molecule has 0 bridgehead atoms. The summed E-state index contributed by atoms with van der Waals surface area (Å²) in [4.78, 5) is 4.84. The number of hydrogen-bond acceptors (Lipinski definition) is 2. The second-order valence-corrected chi connectivity index (χ2v) is 17.4. The summed E-state index contributed by atoms with van der Waals surface area (Å²) in [6, 6.07) is 90.2. The van der Waals surface area contributed by atoms with Crippen LogP contribution in [0, 0.1) is 0 Å². The normalized spacial score (nSPS) is 11.4. The molecule has 2 nitrogen and oxygen atoms in total. The third-order valence-corrected chi connectivity index (χ3v) is 12.2. The zero-order valence-electron chi connectivity index (χ0n) is 36.6. The van der Waals surface area contributed by atoms with E-state index in [4.69, 9.17) is 0 Å². The Morgan fingerprint density at radius 3 is 0.797 bits per heavy atom. The van der Waals surface area contributed by atoms with Gasteiger partial charge in [0.15, 0.2) is 0 Å². The van der Waals surface area contributed by atoms with Crippen molar-refractivity contribution in [3.8, 4) is 44.5 Å². The first kappa shape index (κ1) is 40.2. The molecule has 0 saturated carbocycles. The van der Waals surface area contributed by atoms with Gasteiger partial charge in [0.1, 0.15) is 0 Å². The van der Waals surface area contributed by atoms with Crippen molar-refractivity contribution in [2.24, 2.45) is 0 Å². The van der Waals surface area contributed by atoms with Gasteiger partial charge in [-0.3, -0.25) is 0 Å². The fourth-order valence-electron chi connectivity index (χ4n) is 8.76. The molecule has 10 rings (SSSR count). The van der Waals surface area contributed by atoms with E-state index in [1.54, 1.807) is 0 Å². The highest BCUT2D eigenvalue weighted by molar-refractivity contribution is 6.08. The van der Waals surface area contributed by atoms with Crippen LogP contribution in [0.3, 0.4) is 0 Å². The van der Waals surface area contributed by atoms with E-state index in [0.717, 1.165) is 39.5 Å². The van der Waals surface area contributed by atoms with Gasteiger partial charge in [0.2, 0.25) is 0 Å². The molecule has 0 unspecified atom stereocenters. The largest absolute Gasteiger partial charge is 0.310 e. The fraction of sp³-hybridized carbons (Fsp3) is 0.0645. The van der Waals surface area contributed by atoms with Crippen LogP contribution in [0.4, 0.5) is 34.1 Å². The minimum Gasteiger partial charge on any atom is -0.310 e. The number of benzene rings is 10. The zero-order chi connectivity index (χ0) is 43.5. The summed E-state index contributed by atoms with van der Waals surface area (Å²) in [6.07, 6.45) is 0. The molecule has 0 radical (unpaired) electrons. The van der Waals surface area contributed by atoms with E-state index in [1.807, 2.05) is 0 Å². The summed E-state index contributed by atoms with van der Waals surface area (Å²) in [7, 11) is 0. The fourth-order valence-corrected chi connectivity index (χ4v) is 8.76. The van der Waals surface area contributed by atoms with Crippen molar-refractivity contribution < 1.29 is 0 Å². The van der Waals surface area contributed by atoms with E-state index in [1.165, 1.54) is 55.5 Å². The number of hydrogen-bond donors (Lipinski definition) is 0. The van der Waals surface area contributed by atoms with E-state index >= 15 is 0 Å². The van der Waals surface area contributed by atoms with Crippen LogP contribution >= 0.6 is 0 Å². The van der Waals surface area contributed by atoms with Gasteiger partial charge in [0.05, 0.1) is 11.4 Å². The quantitative estimate of drug-likeness (QED) is 0.136. The first-order valence-corrected chi connectivity index (χ1v) is 22.2. The lowest BCUT2D eigenvalue weighted by atomic mass is 9.85. The topological polar surface area (TPSA) is 6.48 Å². The third-order valence-electron chi connectivity index (χ3n) is 12.2. The number of anilines is 6. The second-order valence-electron chi connectivity index (χ2n) is 17.4. The molecular weight excluding hydrogens is 773 g/mol. The van der Waals surface area contributed by atoms with Crippen molar-refractivity contribution >= 4 is 44.9 Å².